The minimum Gasteiger partial charge on any atom is -0.258 e. The zero-order valence-electron chi connectivity index (χ0n) is 21.8. The maximum absolute atomic E-state index is 14.6. The van der Waals surface area contributed by atoms with Gasteiger partial charge in [-0.3, -0.25) is 20.2 Å². The summed E-state index contributed by atoms with van der Waals surface area (Å²) in [6, 6.07) is 20.3. The lowest BCUT2D eigenvalue weighted by Gasteiger charge is -2.23. The number of hydrogen-bond donors (Lipinski definition) is 0. The lowest BCUT2D eigenvalue weighted by molar-refractivity contribution is -0.385. The molecule has 0 amide bonds. The van der Waals surface area contributed by atoms with Crippen LogP contribution < -0.4 is 0 Å². The minimum absolute atomic E-state index is 0.0388. The third-order valence-corrected chi connectivity index (χ3v) is 9.78. The summed E-state index contributed by atoms with van der Waals surface area (Å²) in [5.74, 6) is 0. The first kappa shape index (κ1) is 32.2. The van der Waals surface area contributed by atoms with Gasteiger partial charge in [-0.15, -0.1) is 0 Å². The summed E-state index contributed by atoms with van der Waals surface area (Å²) in [4.78, 5) is 22.1. The van der Waals surface area contributed by atoms with Gasteiger partial charge in [0.25, 0.3) is 11.4 Å². The van der Waals surface area contributed by atoms with Crippen molar-refractivity contribution in [3.8, 4) is 0 Å². The molecule has 8 nitrogen and oxygen atoms in total. The van der Waals surface area contributed by atoms with E-state index < -0.39 is 30.2 Å². The van der Waals surface area contributed by atoms with Crippen molar-refractivity contribution in [2.75, 3.05) is 0 Å². The van der Waals surface area contributed by atoms with Crippen molar-refractivity contribution in [3.63, 3.8) is 0 Å². The van der Waals surface area contributed by atoms with Crippen molar-refractivity contribution in [2.45, 2.75) is 10.5 Å². The maximum Gasteiger partial charge on any atom is 0.276 e. The van der Waals surface area contributed by atoms with Gasteiger partial charge in [0.15, 0.2) is 9.84 Å². The average Bonchev–Trinajstić information content (AvgIpc) is 2.95. The molecule has 0 saturated carbocycles. The standard InChI is InChI=1S/C30H20Cl4N2O6S/c31-21-11-13-23(25(33)17-21)29(15-9-19-5-1-3-7-27(19)35(37)38)43(41,42)30(24-14-12-22(32)18-26(24)34)16-10-20-6-2-4-8-28(20)36(39)40/h1-18,29-30H. The van der Waals surface area contributed by atoms with Crippen LogP contribution in [-0.2, 0) is 9.84 Å². The van der Waals surface area contributed by atoms with Gasteiger partial charge in [-0.05, 0) is 47.5 Å². The molecule has 4 aromatic rings. The normalized spacial score (nSPS) is 13.3. The Morgan fingerprint density at radius 2 is 0.977 bits per heavy atom. The van der Waals surface area contributed by atoms with E-state index in [0.717, 1.165) is 0 Å². The molecule has 0 aromatic heterocycles. The molecule has 0 fully saturated rings. The predicted octanol–water partition coefficient (Wildman–Crippen LogP) is 9.74. The Balaban J connectivity index is 1.95. The molecule has 43 heavy (non-hydrogen) atoms. The molecule has 0 bridgehead atoms. The minimum atomic E-state index is -4.41. The summed E-state index contributed by atoms with van der Waals surface area (Å²) < 4.78 is 29.3. The van der Waals surface area contributed by atoms with Crippen molar-refractivity contribution in [1.29, 1.82) is 0 Å². The molecule has 0 N–H and O–H groups in total. The second-order valence-corrected chi connectivity index (χ2v) is 13.0. The maximum atomic E-state index is 14.6. The van der Waals surface area contributed by atoms with E-state index in [2.05, 4.69) is 0 Å². The number of nitro groups is 2. The Bertz CT molecular complexity index is 1750. The Morgan fingerprint density at radius 3 is 1.33 bits per heavy atom. The third-order valence-electron chi connectivity index (χ3n) is 6.41. The van der Waals surface area contributed by atoms with Gasteiger partial charge in [-0.1, -0.05) is 107 Å². The van der Waals surface area contributed by atoms with Crippen LogP contribution in [0.25, 0.3) is 12.2 Å². The SMILES string of the molecule is O=[N+]([O-])c1ccccc1C=CC(c1ccc(Cl)cc1Cl)S(=O)(=O)C(C=Cc1ccccc1[N+](=O)[O-])c1ccc(Cl)cc1Cl. The molecular formula is C30H20Cl4N2O6S. The average molecular weight is 678 g/mol. The van der Waals surface area contributed by atoms with Gasteiger partial charge in [0.1, 0.15) is 10.5 Å². The predicted molar refractivity (Wildman–Crippen MR) is 172 cm³/mol. The lowest BCUT2D eigenvalue weighted by Crippen LogP contribution is -2.19. The van der Waals surface area contributed by atoms with Gasteiger partial charge in [-0.25, -0.2) is 8.42 Å². The van der Waals surface area contributed by atoms with Gasteiger partial charge in [0.2, 0.25) is 0 Å². The van der Waals surface area contributed by atoms with Gasteiger partial charge >= 0.3 is 0 Å². The van der Waals surface area contributed by atoms with Crippen LogP contribution in [0.3, 0.4) is 0 Å². The molecule has 0 radical (unpaired) electrons. The van der Waals surface area contributed by atoms with E-state index in [1.165, 1.54) is 97.1 Å². The van der Waals surface area contributed by atoms with Crippen molar-refractivity contribution >= 4 is 79.8 Å². The topological polar surface area (TPSA) is 120 Å². The molecular weight excluding hydrogens is 658 g/mol. The molecule has 0 spiro atoms. The molecule has 2 atom stereocenters. The highest BCUT2D eigenvalue weighted by Crippen LogP contribution is 2.43. The fourth-order valence-electron chi connectivity index (χ4n) is 4.37. The molecule has 0 aliphatic rings. The molecule has 0 heterocycles. The van der Waals surface area contributed by atoms with Crippen LogP contribution >= 0.6 is 46.4 Å². The second kappa shape index (κ2) is 13.7. The van der Waals surface area contributed by atoms with Gasteiger partial charge in [-0.2, -0.15) is 0 Å². The third kappa shape index (κ3) is 7.44. The quantitative estimate of drug-likeness (QED) is 0.122. The van der Waals surface area contributed by atoms with Crippen LogP contribution in [0.4, 0.5) is 11.4 Å². The van der Waals surface area contributed by atoms with Crippen molar-refractivity contribution in [2.24, 2.45) is 0 Å². The number of halogens is 4. The van der Waals surface area contributed by atoms with E-state index in [1.807, 2.05) is 0 Å². The molecule has 2 unspecified atom stereocenters. The van der Waals surface area contributed by atoms with Crippen molar-refractivity contribution in [3.05, 3.63) is 160 Å². The Kier molecular flexibility index (Phi) is 10.3. The van der Waals surface area contributed by atoms with Gasteiger partial charge in [0.05, 0.1) is 21.0 Å². The van der Waals surface area contributed by atoms with Crippen molar-refractivity contribution in [1.82, 2.24) is 0 Å². The summed E-state index contributed by atoms with van der Waals surface area (Å²) in [6.07, 6.45) is 5.25. The highest BCUT2D eigenvalue weighted by Gasteiger charge is 2.36. The largest absolute Gasteiger partial charge is 0.276 e. The second-order valence-electron chi connectivity index (χ2n) is 9.11. The van der Waals surface area contributed by atoms with E-state index in [1.54, 1.807) is 12.1 Å². The highest BCUT2D eigenvalue weighted by molar-refractivity contribution is 7.92. The summed E-state index contributed by atoms with van der Waals surface area (Å²) >= 11 is 25.2. The molecule has 0 saturated heterocycles. The number of benzene rings is 4. The number of para-hydroxylation sites is 2. The van der Waals surface area contributed by atoms with Crippen LogP contribution in [0.1, 0.15) is 32.8 Å². The zero-order chi connectivity index (χ0) is 31.3. The van der Waals surface area contributed by atoms with Crippen LogP contribution in [0, 0.1) is 20.2 Å². The van der Waals surface area contributed by atoms with Crippen molar-refractivity contribution < 1.29 is 18.3 Å². The number of rotatable bonds is 10. The zero-order valence-corrected chi connectivity index (χ0v) is 25.7. The van der Waals surface area contributed by atoms with Crippen LogP contribution in [0.2, 0.25) is 20.1 Å². The molecule has 0 aliphatic carbocycles. The first-order valence-electron chi connectivity index (χ1n) is 12.4. The molecule has 4 rings (SSSR count). The fourth-order valence-corrected chi connectivity index (χ4v) is 7.59. The van der Waals surface area contributed by atoms with Crippen LogP contribution in [0.15, 0.2) is 97.1 Å². The lowest BCUT2D eigenvalue weighted by atomic mass is 10.1. The number of nitrogens with zero attached hydrogens (tertiary/aromatic N) is 2. The number of sulfone groups is 1. The molecule has 0 aliphatic heterocycles. The van der Waals surface area contributed by atoms with E-state index in [9.17, 15) is 28.6 Å². The summed E-state index contributed by atoms with van der Waals surface area (Å²) in [5.41, 5.74) is 0.158. The van der Waals surface area contributed by atoms with Crippen LogP contribution in [-0.4, -0.2) is 18.3 Å². The smallest absolute Gasteiger partial charge is 0.258 e. The number of hydrogen-bond acceptors (Lipinski definition) is 6. The fraction of sp³-hybridized carbons (Fsp3) is 0.0667. The highest BCUT2D eigenvalue weighted by atomic mass is 35.5. The molecule has 13 heteroatoms. The first-order valence-corrected chi connectivity index (χ1v) is 15.5. The van der Waals surface area contributed by atoms with E-state index >= 15 is 0 Å². The summed E-state index contributed by atoms with van der Waals surface area (Å²) in [6.45, 7) is 0. The van der Waals surface area contributed by atoms with Gasteiger partial charge in [0, 0.05) is 32.2 Å². The Morgan fingerprint density at radius 1 is 0.605 bits per heavy atom. The van der Waals surface area contributed by atoms with Crippen LogP contribution in [0.5, 0.6) is 0 Å². The van der Waals surface area contributed by atoms with E-state index in [0.29, 0.717) is 0 Å². The van der Waals surface area contributed by atoms with Gasteiger partial charge < -0.3 is 0 Å². The number of nitro benzene ring substituents is 2. The Hall–Kier alpha value is -3.73. The Labute approximate surface area is 267 Å². The summed E-state index contributed by atoms with van der Waals surface area (Å²) in [5, 5.41) is 20.9. The molecule has 4 aromatic carbocycles. The van der Waals surface area contributed by atoms with E-state index in [-0.39, 0.29) is 53.7 Å². The van der Waals surface area contributed by atoms with E-state index in [4.69, 9.17) is 46.4 Å². The molecule has 220 valence electrons. The first-order chi connectivity index (χ1) is 20.4. The monoisotopic (exact) mass is 676 g/mol. The summed E-state index contributed by atoms with van der Waals surface area (Å²) in [7, 11) is -4.41.